The van der Waals surface area contributed by atoms with Crippen molar-refractivity contribution in [3.05, 3.63) is 37.9 Å². The Kier molecular flexibility index (Phi) is 3.07. The minimum atomic E-state index is -0.837. The number of rotatable bonds is 3. The number of carbonyl (C=O) groups excluding carboxylic acids is 1. The third kappa shape index (κ3) is 2.07. The molecule has 0 spiro atoms. The van der Waals surface area contributed by atoms with E-state index in [1.807, 2.05) is 0 Å². The number of nitro groups is 2. The van der Waals surface area contributed by atoms with Gasteiger partial charge in [0, 0.05) is 12.1 Å². The van der Waals surface area contributed by atoms with Crippen molar-refractivity contribution in [3.8, 4) is 0 Å². The van der Waals surface area contributed by atoms with Gasteiger partial charge in [0.1, 0.15) is 0 Å². The van der Waals surface area contributed by atoms with Gasteiger partial charge in [-0.15, -0.1) is 0 Å². The van der Waals surface area contributed by atoms with Crippen LogP contribution in [0, 0.1) is 27.2 Å². The average Bonchev–Trinajstić information content (AvgIpc) is 2.19. The highest BCUT2D eigenvalue weighted by Gasteiger charge is 2.25. The van der Waals surface area contributed by atoms with Crippen LogP contribution in [0.25, 0.3) is 0 Å². The fraction of sp³-hybridized carbons (Fsp3) is 0.125. The highest BCUT2D eigenvalue weighted by Crippen LogP contribution is 2.37. The molecule has 1 rings (SSSR count). The number of isocyanates is 1. The summed E-state index contributed by atoms with van der Waals surface area (Å²) in [7, 11) is 0. The van der Waals surface area contributed by atoms with Crippen LogP contribution in [0.5, 0.6) is 0 Å². The predicted octanol–water partition coefficient (Wildman–Crippen LogP) is 1.78. The van der Waals surface area contributed by atoms with Crippen molar-refractivity contribution in [1.29, 1.82) is 0 Å². The predicted molar refractivity (Wildman–Crippen MR) is 52.3 cm³/mol. The van der Waals surface area contributed by atoms with Crippen LogP contribution in [-0.4, -0.2) is 15.9 Å². The van der Waals surface area contributed by atoms with Crippen molar-refractivity contribution >= 4 is 23.1 Å². The summed E-state index contributed by atoms with van der Waals surface area (Å²) in [5.74, 6) is 0. The van der Waals surface area contributed by atoms with E-state index in [1.165, 1.54) is 6.92 Å². The standard InChI is InChI=1S/C8H5N3O5/c1-5-2-6(10(13)14)8(9-4-12)7(3-5)11(15)16/h2-3H,1H3. The minimum absolute atomic E-state index is 0.336. The fourth-order valence-corrected chi connectivity index (χ4v) is 1.18. The summed E-state index contributed by atoms with van der Waals surface area (Å²) in [5, 5.41) is 21.2. The normalized spacial score (nSPS) is 9.31. The van der Waals surface area contributed by atoms with Gasteiger partial charge in [-0.25, -0.2) is 4.79 Å². The number of benzene rings is 1. The van der Waals surface area contributed by atoms with Crippen molar-refractivity contribution in [2.45, 2.75) is 6.92 Å². The van der Waals surface area contributed by atoms with Crippen LogP contribution in [0.3, 0.4) is 0 Å². The van der Waals surface area contributed by atoms with Gasteiger partial charge in [-0.2, -0.15) is 4.99 Å². The molecule has 1 aromatic rings. The summed E-state index contributed by atoms with van der Waals surface area (Å²) in [4.78, 5) is 32.6. The third-order valence-electron chi connectivity index (χ3n) is 1.76. The number of hydrogen-bond donors (Lipinski definition) is 0. The number of nitro benzene ring substituents is 2. The van der Waals surface area contributed by atoms with Gasteiger partial charge < -0.3 is 0 Å². The number of aliphatic imine (C=N–C) groups is 1. The van der Waals surface area contributed by atoms with Crippen molar-refractivity contribution in [1.82, 2.24) is 0 Å². The van der Waals surface area contributed by atoms with Crippen LogP contribution < -0.4 is 0 Å². The maximum absolute atomic E-state index is 10.6. The average molecular weight is 223 g/mol. The molecule has 0 N–H and O–H groups in total. The van der Waals surface area contributed by atoms with E-state index in [4.69, 9.17) is 0 Å². The monoisotopic (exact) mass is 223 g/mol. The largest absolute Gasteiger partial charge is 0.303 e. The van der Waals surface area contributed by atoms with E-state index >= 15 is 0 Å². The Morgan fingerprint density at radius 1 is 1.19 bits per heavy atom. The van der Waals surface area contributed by atoms with Gasteiger partial charge in [0.05, 0.1) is 9.85 Å². The molecule has 0 aliphatic rings. The molecule has 0 bridgehead atoms. The van der Waals surface area contributed by atoms with E-state index in [1.54, 1.807) is 0 Å². The zero-order chi connectivity index (χ0) is 12.3. The van der Waals surface area contributed by atoms with Gasteiger partial charge in [0.15, 0.2) is 0 Å². The first kappa shape index (κ1) is 11.5. The molecule has 16 heavy (non-hydrogen) atoms. The lowest BCUT2D eigenvalue weighted by molar-refractivity contribution is -0.392. The summed E-state index contributed by atoms with van der Waals surface area (Å²) < 4.78 is 0. The molecule has 0 aliphatic heterocycles. The van der Waals surface area contributed by atoms with Gasteiger partial charge in [-0.05, 0) is 12.5 Å². The molecule has 0 aromatic heterocycles. The summed E-state index contributed by atoms with van der Waals surface area (Å²) in [6, 6.07) is 2.20. The van der Waals surface area contributed by atoms with Crippen molar-refractivity contribution < 1.29 is 14.6 Å². The second kappa shape index (κ2) is 4.28. The van der Waals surface area contributed by atoms with E-state index in [9.17, 15) is 25.0 Å². The molecule has 8 nitrogen and oxygen atoms in total. The van der Waals surface area contributed by atoms with E-state index in [2.05, 4.69) is 4.99 Å². The zero-order valence-electron chi connectivity index (χ0n) is 8.04. The highest BCUT2D eigenvalue weighted by atomic mass is 16.6. The quantitative estimate of drug-likeness (QED) is 0.335. The molecule has 0 saturated heterocycles. The summed E-state index contributed by atoms with van der Waals surface area (Å²) in [6.45, 7) is 1.47. The van der Waals surface area contributed by atoms with Crippen LogP contribution in [0.2, 0.25) is 0 Å². The molecule has 0 heterocycles. The fourth-order valence-electron chi connectivity index (χ4n) is 1.18. The van der Waals surface area contributed by atoms with Gasteiger partial charge >= 0.3 is 11.4 Å². The van der Waals surface area contributed by atoms with Crippen molar-refractivity contribution in [2.75, 3.05) is 0 Å². The molecule has 1 aromatic carbocycles. The molecular weight excluding hydrogens is 218 g/mol. The van der Waals surface area contributed by atoms with Crippen molar-refractivity contribution in [2.24, 2.45) is 4.99 Å². The van der Waals surface area contributed by atoms with Crippen LogP contribution >= 0.6 is 0 Å². The first-order valence-electron chi connectivity index (χ1n) is 3.98. The van der Waals surface area contributed by atoms with E-state index in [0.717, 1.165) is 18.2 Å². The molecular formula is C8H5N3O5. The molecule has 82 valence electrons. The maximum Gasteiger partial charge on any atom is 0.303 e. The van der Waals surface area contributed by atoms with E-state index in [-0.39, 0.29) is 0 Å². The van der Waals surface area contributed by atoms with Crippen molar-refractivity contribution in [3.63, 3.8) is 0 Å². The zero-order valence-corrected chi connectivity index (χ0v) is 8.04. The number of hydrogen-bond acceptors (Lipinski definition) is 6. The van der Waals surface area contributed by atoms with E-state index in [0.29, 0.717) is 5.56 Å². The Labute approximate surface area is 88.5 Å². The molecule has 0 saturated carbocycles. The highest BCUT2D eigenvalue weighted by molar-refractivity contribution is 5.73. The molecule has 0 aliphatic carbocycles. The van der Waals surface area contributed by atoms with Gasteiger partial charge in [0.2, 0.25) is 11.8 Å². The summed E-state index contributed by atoms with van der Waals surface area (Å²) >= 11 is 0. The lowest BCUT2D eigenvalue weighted by Crippen LogP contribution is -1.95. The van der Waals surface area contributed by atoms with Crippen LogP contribution in [0.4, 0.5) is 17.1 Å². The topological polar surface area (TPSA) is 116 Å². The molecule has 0 amide bonds. The smallest absolute Gasteiger partial charge is 0.258 e. The lowest BCUT2D eigenvalue weighted by atomic mass is 10.1. The van der Waals surface area contributed by atoms with Gasteiger partial charge in [-0.3, -0.25) is 20.2 Å². The molecule has 0 radical (unpaired) electrons. The Morgan fingerprint density at radius 2 is 1.62 bits per heavy atom. The Morgan fingerprint density at radius 3 is 1.94 bits per heavy atom. The Hall–Kier alpha value is -2.60. The van der Waals surface area contributed by atoms with Crippen LogP contribution in [-0.2, 0) is 4.79 Å². The molecule has 0 atom stereocenters. The number of aryl methyl sites for hydroxylation is 1. The number of nitrogens with zero attached hydrogens (tertiary/aromatic N) is 3. The lowest BCUT2D eigenvalue weighted by Gasteiger charge is -1.99. The van der Waals surface area contributed by atoms with Gasteiger partial charge in [-0.1, -0.05) is 0 Å². The van der Waals surface area contributed by atoms with Crippen LogP contribution in [0.1, 0.15) is 5.56 Å². The summed E-state index contributed by atoms with van der Waals surface area (Å²) in [6.07, 6.45) is 1.06. The molecule has 8 heteroatoms. The SMILES string of the molecule is Cc1cc([N+](=O)[O-])c(N=C=O)c([N+](=O)[O-])c1. The Bertz CT molecular complexity index is 483. The summed E-state index contributed by atoms with van der Waals surface area (Å²) in [5.41, 5.74) is -1.43. The van der Waals surface area contributed by atoms with E-state index < -0.39 is 26.9 Å². The second-order valence-electron chi connectivity index (χ2n) is 2.87. The Balaban J connectivity index is 3.66. The first-order chi connectivity index (χ1) is 7.47. The molecule has 0 unspecified atom stereocenters. The minimum Gasteiger partial charge on any atom is -0.258 e. The van der Waals surface area contributed by atoms with Crippen LogP contribution in [0.15, 0.2) is 17.1 Å². The third-order valence-corrected chi connectivity index (χ3v) is 1.76. The maximum atomic E-state index is 10.6. The van der Waals surface area contributed by atoms with Gasteiger partial charge in [0.25, 0.3) is 0 Å². The second-order valence-corrected chi connectivity index (χ2v) is 2.87. The first-order valence-corrected chi connectivity index (χ1v) is 3.98. The molecule has 0 fully saturated rings.